The van der Waals surface area contributed by atoms with Gasteiger partial charge in [0, 0.05) is 23.5 Å². The summed E-state index contributed by atoms with van der Waals surface area (Å²) < 4.78 is 5.28. The first-order valence-corrected chi connectivity index (χ1v) is 6.89. The molecule has 0 aliphatic heterocycles. The third kappa shape index (κ3) is 3.16. The third-order valence-electron chi connectivity index (χ3n) is 3.40. The van der Waals surface area contributed by atoms with Crippen molar-refractivity contribution in [1.29, 1.82) is 0 Å². The molecule has 4 heteroatoms. The standard InChI is InChI=1S/C17H20N2O2/c1-4-19(15-7-5-6-14(18)11-15)17(20)13-9-8-12(2)16(10-13)21-3/h5-11H,4,18H2,1-3H3. The summed E-state index contributed by atoms with van der Waals surface area (Å²) in [4.78, 5) is 14.4. The highest BCUT2D eigenvalue weighted by atomic mass is 16.5. The molecule has 0 saturated heterocycles. The van der Waals surface area contributed by atoms with Crippen molar-refractivity contribution < 1.29 is 9.53 Å². The fraction of sp³-hybridized carbons (Fsp3) is 0.235. The predicted octanol–water partition coefficient (Wildman–Crippen LogP) is 3.25. The first kappa shape index (κ1) is 14.9. The van der Waals surface area contributed by atoms with Gasteiger partial charge in [-0.25, -0.2) is 0 Å². The monoisotopic (exact) mass is 284 g/mol. The van der Waals surface area contributed by atoms with E-state index in [-0.39, 0.29) is 5.91 Å². The number of nitrogens with two attached hydrogens (primary N) is 1. The summed E-state index contributed by atoms with van der Waals surface area (Å²) in [6, 6.07) is 12.8. The molecule has 1 amide bonds. The van der Waals surface area contributed by atoms with Gasteiger partial charge in [-0.15, -0.1) is 0 Å². The topological polar surface area (TPSA) is 55.6 Å². The average molecular weight is 284 g/mol. The van der Waals surface area contributed by atoms with Gasteiger partial charge in [0.25, 0.3) is 5.91 Å². The van der Waals surface area contributed by atoms with Crippen LogP contribution in [0.4, 0.5) is 11.4 Å². The van der Waals surface area contributed by atoms with Crippen LogP contribution in [0.1, 0.15) is 22.8 Å². The molecule has 2 N–H and O–H groups in total. The second-order valence-corrected chi connectivity index (χ2v) is 4.83. The smallest absolute Gasteiger partial charge is 0.258 e. The van der Waals surface area contributed by atoms with Gasteiger partial charge >= 0.3 is 0 Å². The highest BCUT2D eigenvalue weighted by molar-refractivity contribution is 6.06. The molecule has 0 heterocycles. The summed E-state index contributed by atoms with van der Waals surface area (Å²) >= 11 is 0. The van der Waals surface area contributed by atoms with Crippen LogP contribution in [0, 0.1) is 6.92 Å². The van der Waals surface area contributed by atoms with Gasteiger partial charge in [0.2, 0.25) is 0 Å². The normalized spacial score (nSPS) is 10.2. The molecule has 0 saturated carbocycles. The average Bonchev–Trinajstić information content (AvgIpc) is 2.48. The summed E-state index contributed by atoms with van der Waals surface area (Å²) in [5.74, 6) is 0.644. The van der Waals surface area contributed by atoms with Gasteiger partial charge in [-0.2, -0.15) is 0 Å². The molecule has 0 aromatic heterocycles. The van der Waals surface area contributed by atoms with Crippen LogP contribution >= 0.6 is 0 Å². The molecule has 0 fully saturated rings. The van der Waals surface area contributed by atoms with Crippen molar-refractivity contribution in [2.75, 3.05) is 24.3 Å². The molecule has 2 aromatic carbocycles. The fourth-order valence-electron chi connectivity index (χ4n) is 2.24. The molecule has 0 aliphatic rings. The Morgan fingerprint density at radius 2 is 2.00 bits per heavy atom. The Morgan fingerprint density at radius 3 is 2.62 bits per heavy atom. The van der Waals surface area contributed by atoms with E-state index in [9.17, 15) is 4.79 Å². The van der Waals surface area contributed by atoms with Crippen LogP contribution in [0.25, 0.3) is 0 Å². The molecule has 0 atom stereocenters. The number of benzene rings is 2. The number of ether oxygens (including phenoxy) is 1. The summed E-state index contributed by atoms with van der Waals surface area (Å²) in [5, 5.41) is 0. The number of hydrogen-bond acceptors (Lipinski definition) is 3. The summed E-state index contributed by atoms with van der Waals surface area (Å²) in [7, 11) is 1.60. The van der Waals surface area contributed by atoms with Crippen LogP contribution in [-0.4, -0.2) is 19.6 Å². The first-order valence-electron chi connectivity index (χ1n) is 6.89. The zero-order valence-corrected chi connectivity index (χ0v) is 12.6. The number of amides is 1. The van der Waals surface area contributed by atoms with Gasteiger partial charge in [0.1, 0.15) is 5.75 Å². The maximum Gasteiger partial charge on any atom is 0.258 e. The SMILES string of the molecule is CCN(C(=O)c1ccc(C)c(OC)c1)c1cccc(N)c1. The third-order valence-corrected chi connectivity index (χ3v) is 3.40. The Bertz CT molecular complexity index is 653. The molecule has 2 aromatic rings. The number of anilines is 2. The largest absolute Gasteiger partial charge is 0.496 e. The number of nitrogens with zero attached hydrogens (tertiary/aromatic N) is 1. The minimum Gasteiger partial charge on any atom is -0.496 e. The number of rotatable bonds is 4. The van der Waals surface area contributed by atoms with Crippen molar-refractivity contribution in [2.45, 2.75) is 13.8 Å². The van der Waals surface area contributed by atoms with E-state index in [1.807, 2.05) is 38.1 Å². The molecule has 0 bridgehead atoms. The van der Waals surface area contributed by atoms with Crippen LogP contribution in [0.15, 0.2) is 42.5 Å². The molecular formula is C17H20N2O2. The highest BCUT2D eigenvalue weighted by Crippen LogP contribution is 2.23. The van der Waals surface area contributed by atoms with Crippen LogP contribution in [0.5, 0.6) is 5.75 Å². The van der Waals surface area contributed by atoms with Crippen LogP contribution < -0.4 is 15.4 Å². The fourth-order valence-corrected chi connectivity index (χ4v) is 2.24. The van der Waals surface area contributed by atoms with Gasteiger partial charge in [-0.1, -0.05) is 12.1 Å². The van der Waals surface area contributed by atoms with E-state index in [1.54, 1.807) is 30.2 Å². The van der Waals surface area contributed by atoms with E-state index in [4.69, 9.17) is 10.5 Å². The van der Waals surface area contributed by atoms with E-state index in [1.165, 1.54) is 0 Å². The lowest BCUT2D eigenvalue weighted by Gasteiger charge is -2.22. The number of carbonyl (C=O) groups excluding carboxylic acids is 1. The second-order valence-electron chi connectivity index (χ2n) is 4.83. The summed E-state index contributed by atoms with van der Waals surface area (Å²) in [6.07, 6.45) is 0. The molecule has 4 nitrogen and oxygen atoms in total. The number of nitrogen functional groups attached to an aromatic ring is 1. The Balaban J connectivity index is 2.36. The van der Waals surface area contributed by atoms with E-state index in [0.29, 0.717) is 23.5 Å². The maximum atomic E-state index is 12.7. The molecule has 0 spiro atoms. The van der Waals surface area contributed by atoms with E-state index < -0.39 is 0 Å². The van der Waals surface area contributed by atoms with Gasteiger partial charge in [0.05, 0.1) is 7.11 Å². The first-order chi connectivity index (χ1) is 10.1. The molecule has 0 radical (unpaired) electrons. The van der Waals surface area contributed by atoms with Crippen LogP contribution in [-0.2, 0) is 0 Å². The van der Waals surface area contributed by atoms with Crippen molar-refractivity contribution in [3.05, 3.63) is 53.6 Å². The van der Waals surface area contributed by atoms with E-state index in [2.05, 4.69) is 0 Å². The highest BCUT2D eigenvalue weighted by Gasteiger charge is 2.17. The Kier molecular flexibility index (Phi) is 4.48. The lowest BCUT2D eigenvalue weighted by atomic mass is 10.1. The van der Waals surface area contributed by atoms with Gasteiger partial charge in [-0.05, 0) is 49.7 Å². The number of aryl methyl sites for hydroxylation is 1. The van der Waals surface area contributed by atoms with Crippen molar-refractivity contribution in [3.63, 3.8) is 0 Å². The van der Waals surface area contributed by atoms with Gasteiger partial charge < -0.3 is 15.4 Å². The quantitative estimate of drug-likeness (QED) is 0.877. The molecule has 0 aliphatic carbocycles. The van der Waals surface area contributed by atoms with Crippen molar-refractivity contribution in [1.82, 2.24) is 0 Å². The summed E-state index contributed by atoms with van der Waals surface area (Å²) in [5.41, 5.74) is 8.83. The van der Waals surface area contributed by atoms with Crippen LogP contribution in [0.3, 0.4) is 0 Å². The molecule has 0 unspecified atom stereocenters. The molecule has 2 rings (SSSR count). The van der Waals surface area contributed by atoms with Crippen molar-refractivity contribution in [2.24, 2.45) is 0 Å². The Hall–Kier alpha value is -2.49. The zero-order valence-electron chi connectivity index (χ0n) is 12.6. The van der Waals surface area contributed by atoms with Crippen LogP contribution in [0.2, 0.25) is 0 Å². The zero-order chi connectivity index (χ0) is 15.4. The maximum absolute atomic E-state index is 12.7. The minimum absolute atomic E-state index is 0.0681. The predicted molar refractivity (Wildman–Crippen MR) is 85.9 cm³/mol. The molecule has 21 heavy (non-hydrogen) atoms. The summed E-state index contributed by atoms with van der Waals surface area (Å²) in [6.45, 7) is 4.45. The van der Waals surface area contributed by atoms with Gasteiger partial charge in [-0.3, -0.25) is 4.79 Å². The molecule has 110 valence electrons. The minimum atomic E-state index is -0.0681. The Labute approximate surface area is 125 Å². The number of hydrogen-bond donors (Lipinski definition) is 1. The van der Waals surface area contributed by atoms with Gasteiger partial charge in [0.15, 0.2) is 0 Å². The van der Waals surface area contributed by atoms with Crippen molar-refractivity contribution >= 4 is 17.3 Å². The lowest BCUT2D eigenvalue weighted by molar-refractivity contribution is 0.0988. The van der Waals surface area contributed by atoms with Crippen molar-refractivity contribution in [3.8, 4) is 5.75 Å². The van der Waals surface area contributed by atoms with E-state index >= 15 is 0 Å². The lowest BCUT2D eigenvalue weighted by Crippen LogP contribution is -2.30. The number of methoxy groups -OCH3 is 1. The van der Waals surface area contributed by atoms with E-state index in [0.717, 1.165) is 11.3 Å². The second kappa shape index (κ2) is 6.31. The Morgan fingerprint density at radius 1 is 1.24 bits per heavy atom. The molecular weight excluding hydrogens is 264 g/mol. The number of carbonyl (C=O) groups is 1.